The summed E-state index contributed by atoms with van der Waals surface area (Å²) in [4.78, 5) is 17.5. The van der Waals surface area contributed by atoms with E-state index in [0.29, 0.717) is 12.2 Å². The van der Waals surface area contributed by atoms with E-state index in [1.165, 1.54) is 0 Å². The van der Waals surface area contributed by atoms with E-state index in [2.05, 4.69) is 4.98 Å². The molecule has 1 aromatic rings. The maximum absolute atomic E-state index is 11.7. The van der Waals surface area contributed by atoms with Gasteiger partial charge in [0.05, 0.1) is 12.2 Å². The lowest BCUT2D eigenvalue weighted by atomic mass is 10.1. The smallest absolute Gasteiger partial charge is 0.340 e. The van der Waals surface area contributed by atoms with E-state index >= 15 is 0 Å². The highest BCUT2D eigenvalue weighted by Crippen LogP contribution is 2.15. The van der Waals surface area contributed by atoms with E-state index < -0.39 is 0 Å². The van der Waals surface area contributed by atoms with Crippen molar-refractivity contribution in [2.24, 2.45) is 0 Å². The molecule has 0 spiro atoms. The van der Waals surface area contributed by atoms with Gasteiger partial charge >= 0.3 is 5.97 Å². The number of hydrogen-bond acceptors (Lipinski definition) is 4. The predicted octanol–water partition coefficient (Wildman–Crippen LogP) is 1.55. The van der Waals surface area contributed by atoms with Crippen molar-refractivity contribution in [3.8, 4) is 0 Å². The third kappa shape index (κ3) is 3.38. The summed E-state index contributed by atoms with van der Waals surface area (Å²) in [5.74, 6) is -0.329. The average molecular weight is 220 g/mol. The van der Waals surface area contributed by atoms with E-state index in [0.717, 1.165) is 5.56 Å². The molecule has 0 radical (unpaired) electrons. The van der Waals surface area contributed by atoms with Crippen molar-refractivity contribution >= 4 is 11.5 Å². The second kappa shape index (κ2) is 5.90. The van der Waals surface area contributed by atoms with E-state index in [-0.39, 0.29) is 5.97 Å². The third-order valence-corrected chi connectivity index (χ3v) is 1.86. The first kappa shape index (κ1) is 12.2. The lowest BCUT2D eigenvalue weighted by Gasteiger charge is -2.11. The van der Waals surface area contributed by atoms with Gasteiger partial charge in [-0.3, -0.25) is 4.98 Å². The molecule has 0 saturated carbocycles. The molecule has 0 aromatic carbocycles. The van der Waals surface area contributed by atoms with Gasteiger partial charge in [-0.25, -0.2) is 4.79 Å². The van der Waals surface area contributed by atoms with Crippen LogP contribution in [-0.4, -0.2) is 36.6 Å². The molecule has 1 heterocycles. The zero-order chi connectivity index (χ0) is 12.0. The number of carbonyl (C=O) groups excluding carboxylic acids is 1. The van der Waals surface area contributed by atoms with Gasteiger partial charge in [0.25, 0.3) is 0 Å². The minimum absolute atomic E-state index is 0.329. The van der Waals surface area contributed by atoms with Gasteiger partial charge in [0, 0.05) is 38.3 Å². The van der Waals surface area contributed by atoms with E-state index in [1.54, 1.807) is 36.5 Å². The Balaban J connectivity index is 3.02. The van der Waals surface area contributed by atoms with Crippen molar-refractivity contribution in [3.63, 3.8) is 0 Å². The van der Waals surface area contributed by atoms with Gasteiger partial charge in [0.15, 0.2) is 0 Å². The van der Waals surface area contributed by atoms with Gasteiger partial charge in [-0.2, -0.15) is 0 Å². The van der Waals surface area contributed by atoms with E-state index in [9.17, 15) is 4.79 Å². The van der Waals surface area contributed by atoms with Crippen molar-refractivity contribution < 1.29 is 9.53 Å². The summed E-state index contributed by atoms with van der Waals surface area (Å²) in [5, 5.41) is 0. The molecule has 0 aliphatic carbocycles. The average Bonchev–Trinajstić information content (AvgIpc) is 2.27. The van der Waals surface area contributed by atoms with Crippen LogP contribution in [0.15, 0.2) is 30.7 Å². The fraction of sp³-hybridized carbons (Fsp3) is 0.333. The van der Waals surface area contributed by atoms with Crippen LogP contribution in [0.25, 0.3) is 5.57 Å². The lowest BCUT2D eigenvalue weighted by molar-refractivity contribution is -0.136. The second-order valence-corrected chi connectivity index (χ2v) is 3.47. The molecule has 0 unspecified atom stereocenters. The number of ether oxygens (including phenoxy) is 1. The fourth-order valence-corrected chi connectivity index (χ4v) is 1.23. The van der Waals surface area contributed by atoms with E-state index in [1.807, 2.05) is 20.2 Å². The van der Waals surface area contributed by atoms with Crippen molar-refractivity contribution in [1.29, 1.82) is 0 Å². The molecule has 0 aliphatic rings. The maximum Gasteiger partial charge on any atom is 0.340 e. The monoisotopic (exact) mass is 220 g/mol. The largest absolute Gasteiger partial charge is 0.462 e. The Hall–Kier alpha value is -1.84. The number of esters is 1. The van der Waals surface area contributed by atoms with Gasteiger partial charge in [0.2, 0.25) is 0 Å². The Labute approximate surface area is 95.6 Å². The summed E-state index contributed by atoms with van der Waals surface area (Å²) in [6, 6.07) is 3.62. The highest BCUT2D eigenvalue weighted by molar-refractivity contribution is 6.16. The molecular weight excluding hydrogens is 204 g/mol. The minimum Gasteiger partial charge on any atom is -0.462 e. The molecule has 1 aromatic heterocycles. The number of rotatable bonds is 4. The number of pyridine rings is 1. The number of nitrogens with zero attached hydrogens (tertiary/aromatic N) is 2. The molecule has 0 saturated heterocycles. The normalized spacial score (nSPS) is 11.1. The van der Waals surface area contributed by atoms with Gasteiger partial charge in [-0.15, -0.1) is 0 Å². The number of carbonyl (C=O) groups is 1. The van der Waals surface area contributed by atoms with Crippen LogP contribution in [0.4, 0.5) is 0 Å². The molecule has 0 atom stereocenters. The first-order valence-corrected chi connectivity index (χ1v) is 5.11. The zero-order valence-electron chi connectivity index (χ0n) is 9.80. The van der Waals surface area contributed by atoms with Crippen LogP contribution in [0.3, 0.4) is 0 Å². The van der Waals surface area contributed by atoms with Crippen LogP contribution in [0.2, 0.25) is 0 Å². The van der Waals surface area contributed by atoms with Gasteiger partial charge < -0.3 is 9.64 Å². The van der Waals surface area contributed by atoms with Gasteiger partial charge in [0.1, 0.15) is 0 Å². The van der Waals surface area contributed by atoms with Crippen LogP contribution < -0.4 is 0 Å². The Morgan fingerprint density at radius 2 is 2.31 bits per heavy atom. The van der Waals surface area contributed by atoms with Crippen molar-refractivity contribution in [3.05, 3.63) is 36.3 Å². The molecule has 0 fully saturated rings. The number of aromatic nitrogens is 1. The van der Waals surface area contributed by atoms with Crippen LogP contribution in [0, 0.1) is 0 Å². The minimum atomic E-state index is -0.329. The molecular formula is C12H16N2O2. The molecule has 86 valence electrons. The first-order valence-electron chi connectivity index (χ1n) is 5.11. The Bertz CT molecular complexity index is 372. The molecule has 1 rings (SSSR count). The van der Waals surface area contributed by atoms with Crippen molar-refractivity contribution in [1.82, 2.24) is 9.88 Å². The summed E-state index contributed by atoms with van der Waals surface area (Å²) < 4.78 is 5.00. The summed E-state index contributed by atoms with van der Waals surface area (Å²) in [7, 11) is 3.71. The van der Waals surface area contributed by atoms with Crippen molar-refractivity contribution in [2.45, 2.75) is 6.92 Å². The number of hydrogen-bond donors (Lipinski definition) is 0. The SMILES string of the molecule is CCOC(=O)/C(=C/N(C)C)c1cccnc1. The topological polar surface area (TPSA) is 42.4 Å². The first-order chi connectivity index (χ1) is 7.65. The molecule has 0 bridgehead atoms. The molecule has 0 aliphatic heterocycles. The summed E-state index contributed by atoms with van der Waals surface area (Å²) >= 11 is 0. The van der Waals surface area contributed by atoms with Crippen LogP contribution in [0.1, 0.15) is 12.5 Å². The summed E-state index contributed by atoms with van der Waals surface area (Å²) in [5.41, 5.74) is 1.27. The zero-order valence-corrected chi connectivity index (χ0v) is 9.80. The van der Waals surface area contributed by atoms with Gasteiger partial charge in [-0.1, -0.05) is 6.07 Å². The predicted molar refractivity (Wildman–Crippen MR) is 62.5 cm³/mol. The standard InChI is InChI=1S/C12H16N2O2/c1-4-16-12(15)11(9-14(2)3)10-6-5-7-13-8-10/h5-9H,4H2,1-3H3/b11-9+. The Morgan fingerprint density at radius 3 is 2.81 bits per heavy atom. The summed E-state index contributed by atoms with van der Waals surface area (Å²) in [6.45, 7) is 2.15. The van der Waals surface area contributed by atoms with Gasteiger partial charge in [-0.05, 0) is 13.0 Å². The third-order valence-electron chi connectivity index (χ3n) is 1.86. The van der Waals surface area contributed by atoms with Crippen LogP contribution >= 0.6 is 0 Å². The molecule has 4 heteroatoms. The molecule has 4 nitrogen and oxygen atoms in total. The highest BCUT2D eigenvalue weighted by Gasteiger charge is 2.13. The molecule has 16 heavy (non-hydrogen) atoms. The van der Waals surface area contributed by atoms with Crippen LogP contribution in [0.5, 0.6) is 0 Å². The fourth-order valence-electron chi connectivity index (χ4n) is 1.23. The summed E-state index contributed by atoms with van der Waals surface area (Å²) in [6.07, 6.45) is 5.04. The van der Waals surface area contributed by atoms with Crippen LogP contribution in [-0.2, 0) is 9.53 Å². The maximum atomic E-state index is 11.7. The van der Waals surface area contributed by atoms with Crippen molar-refractivity contribution in [2.75, 3.05) is 20.7 Å². The lowest BCUT2D eigenvalue weighted by Crippen LogP contribution is -2.11. The Kier molecular flexibility index (Phi) is 4.51. The molecule has 0 N–H and O–H groups in total. The Morgan fingerprint density at radius 1 is 1.56 bits per heavy atom. The molecule has 0 amide bonds. The quantitative estimate of drug-likeness (QED) is 0.570. The second-order valence-electron chi connectivity index (χ2n) is 3.47. The van der Waals surface area contributed by atoms with E-state index in [4.69, 9.17) is 4.74 Å². The highest BCUT2D eigenvalue weighted by atomic mass is 16.5.